The Morgan fingerprint density at radius 3 is 2.76 bits per heavy atom. The van der Waals surface area contributed by atoms with Crippen molar-refractivity contribution in [3.8, 4) is 0 Å². The van der Waals surface area contributed by atoms with E-state index in [2.05, 4.69) is 11.6 Å². The molecular formula is C19H22N2O3S. The lowest BCUT2D eigenvalue weighted by Gasteiger charge is -2.27. The summed E-state index contributed by atoms with van der Waals surface area (Å²) in [6.07, 6.45) is 2.12. The van der Waals surface area contributed by atoms with E-state index in [0.717, 1.165) is 22.2 Å². The molecule has 3 rings (SSSR count). The number of fused-ring (bicyclic) bond motifs is 1. The summed E-state index contributed by atoms with van der Waals surface area (Å²) < 4.78 is 23.7. The van der Waals surface area contributed by atoms with E-state index in [9.17, 15) is 13.2 Å². The van der Waals surface area contributed by atoms with Crippen LogP contribution in [0, 0.1) is 13.8 Å². The first-order chi connectivity index (χ1) is 11.8. The average molecular weight is 358 g/mol. The van der Waals surface area contributed by atoms with E-state index >= 15 is 0 Å². The topological polar surface area (TPSA) is 67.3 Å². The minimum Gasteiger partial charge on any atom is -0.331 e. The van der Waals surface area contributed by atoms with Gasteiger partial charge in [-0.1, -0.05) is 17.7 Å². The molecular weight excluding hydrogens is 336 g/mol. The van der Waals surface area contributed by atoms with Gasteiger partial charge in [0.15, 0.2) is 9.84 Å². The molecule has 5 nitrogen and oxygen atoms in total. The predicted octanol–water partition coefficient (Wildman–Crippen LogP) is 2.67. The number of hydrogen-bond donors (Lipinski definition) is 0. The van der Waals surface area contributed by atoms with E-state index in [4.69, 9.17) is 0 Å². The van der Waals surface area contributed by atoms with Crippen LogP contribution in [0.3, 0.4) is 0 Å². The van der Waals surface area contributed by atoms with Crippen molar-refractivity contribution in [2.24, 2.45) is 0 Å². The molecule has 1 aliphatic heterocycles. The molecule has 6 heteroatoms. The zero-order valence-electron chi connectivity index (χ0n) is 14.5. The van der Waals surface area contributed by atoms with Crippen molar-refractivity contribution in [1.82, 2.24) is 9.88 Å². The van der Waals surface area contributed by atoms with Crippen LogP contribution in [0.2, 0.25) is 0 Å². The Morgan fingerprint density at radius 2 is 2.12 bits per heavy atom. The number of hydrogen-bond acceptors (Lipinski definition) is 4. The number of aromatic nitrogens is 1. The van der Waals surface area contributed by atoms with Gasteiger partial charge in [0, 0.05) is 23.7 Å². The molecule has 2 aromatic rings. The third-order valence-corrected chi connectivity index (χ3v) is 6.31. The van der Waals surface area contributed by atoms with Crippen LogP contribution in [0.4, 0.5) is 0 Å². The first kappa shape index (κ1) is 17.6. The molecule has 0 aliphatic carbocycles. The lowest BCUT2D eigenvalue weighted by molar-refractivity contribution is 0.0722. The van der Waals surface area contributed by atoms with Crippen LogP contribution in [0.5, 0.6) is 0 Å². The third-order valence-electron chi connectivity index (χ3n) is 4.56. The summed E-state index contributed by atoms with van der Waals surface area (Å²) in [6.45, 7) is 7.88. The second kappa shape index (κ2) is 6.59. The van der Waals surface area contributed by atoms with E-state index in [1.54, 1.807) is 17.0 Å². The Hall–Kier alpha value is -2.21. The van der Waals surface area contributed by atoms with Gasteiger partial charge in [0.1, 0.15) is 0 Å². The molecule has 25 heavy (non-hydrogen) atoms. The maximum atomic E-state index is 13.3. The van der Waals surface area contributed by atoms with Gasteiger partial charge in [-0.3, -0.25) is 9.78 Å². The third kappa shape index (κ3) is 3.58. The van der Waals surface area contributed by atoms with Crippen LogP contribution in [-0.4, -0.2) is 48.3 Å². The highest BCUT2D eigenvalue weighted by molar-refractivity contribution is 7.91. The minimum absolute atomic E-state index is 0.0214. The number of amides is 1. The summed E-state index contributed by atoms with van der Waals surface area (Å²) in [6, 6.07) is 7.31. The minimum atomic E-state index is -3.07. The molecule has 1 aromatic carbocycles. The standard InChI is InChI=1S/C19H22N2O3S/c1-4-8-21(15-7-9-25(23,24)12-15)19(22)17-11-14(3)20-18-6-5-13(2)10-16(17)18/h4-6,10-11,15H,1,7-9,12H2,2-3H3. The fraction of sp³-hybridized carbons (Fsp3) is 0.368. The number of sulfone groups is 1. The van der Waals surface area contributed by atoms with Crippen molar-refractivity contribution < 1.29 is 13.2 Å². The molecule has 1 saturated heterocycles. The molecule has 0 radical (unpaired) electrons. The van der Waals surface area contributed by atoms with Gasteiger partial charge in [0.2, 0.25) is 0 Å². The Morgan fingerprint density at radius 1 is 1.36 bits per heavy atom. The van der Waals surface area contributed by atoms with Crippen molar-refractivity contribution >= 4 is 26.6 Å². The Balaban J connectivity index is 2.07. The van der Waals surface area contributed by atoms with Gasteiger partial charge >= 0.3 is 0 Å². The molecule has 1 amide bonds. The van der Waals surface area contributed by atoms with Gasteiger partial charge in [0.25, 0.3) is 5.91 Å². The lowest BCUT2D eigenvalue weighted by Crippen LogP contribution is -2.41. The SMILES string of the molecule is C=CCN(C(=O)c1cc(C)nc2ccc(C)cc12)C1CCS(=O)(=O)C1. The number of carbonyl (C=O) groups excluding carboxylic acids is 1. The van der Waals surface area contributed by atoms with Gasteiger partial charge in [-0.25, -0.2) is 8.42 Å². The van der Waals surface area contributed by atoms with Crippen molar-refractivity contribution in [3.63, 3.8) is 0 Å². The summed E-state index contributed by atoms with van der Waals surface area (Å²) in [7, 11) is -3.07. The highest BCUT2D eigenvalue weighted by Gasteiger charge is 2.35. The first-order valence-electron chi connectivity index (χ1n) is 8.31. The second-order valence-electron chi connectivity index (χ2n) is 6.63. The van der Waals surface area contributed by atoms with E-state index in [-0.39, 0.29) is 23.5 Å². The smallest absolute Gasteiger partial charge is 0.255 e. The number of rotatable bonds is 4. The normalized spacial score (nSPS) is 19.0. The first-order valence-corrected chi connectivity index (χ1v) is 10.1. The summed E-state index contributed by atoms with van der Waals surface area (Å²) in [5.41, 5.74) is 3.15. The molecule has 1 atom stereocenters. The largest absolute Gasteiger partial charge is 0.331 e. The van der Waals surface area contributed by atoms with Crippen molar-refractivity contribution in [3.05, 3.63) is 53.7 Å². The van der Waals surface area contributed by atoms with Crippen LogP contribution >= 0.6 is 0 Å². The van der Waals surface area contributed by atoms with Gasteiger partial charge in [0.05, 0.1) is 22.6 Å². The number of carbonyl (C=O) groups is 1. The number of benzene rings is 1. The van der Waals surface area contributed by atoms with Crippen molar-refractivity contribution in [1.29, 1.82) is 0 Å². The summed E-state index contributed by atoms with van der Waals surface area (Å²) >= 11 is 0. The van der Waals surface area contributed by atoms with Gasteiger partial charge < -0.3 is 4.90 Å². The number of nitrogens with zero attached hydrogens (tertiary/aromatic N) is 2. The quantitative estimate of drug-likeness (QED) is 0.788. The van der Waals surface area contributed by atoms with Crippen LogP contribution in [0.1, 0.15) is 28.0 Å². The van der Waals surface area contributed by atoms with E-state index in [0.29, 0.717) is 18.5 Å². The molecule has 0 spiro atoms. The Bertz CT molecular complexity index is 951. The molecule has 1 aliphatic rings. The van der Waals surface area contributed by atoms with Crippen LogP contribution in [0.25, 0.3) is 10.9 Å². The molecule has 1 aromatic heterocycles. The summed E-state index contributed by atoms with van der Waals surface area (Å²) in [5.74, 6) is -0.00961. The molecule has 2 heterocycles. The maximum absolute atomic E-state index is 13.3. The lowest BCUT2D eigenvalue weighted by atomic mass is 10.0. The zero-order valence-corrected chi connectivity index (χ0v) is 15.3. The predicted molar refractivity (Wildman–Crippen MR) is 99.5 cm³/mol. The fourth-order valence-corrected chi connectivity index (χ4v) is 5.09. The van der Waals surface area contributed by atoms with Gasteiger partial charge in [-0.05, 0) is 38.5 Å². The second-order valence-corrected chi connectivity index (χ2v) is 8.86. The Kier molecular flexibility index (Phi) is 4.64. The van der Waals surface area contributed by atoms with Crippen LogP contribution < -0.4 is 0 Å². The summed E-state index contributed by atoms with van der Waals surface area (Å²) in [5, 5.41) is 0.797. The van der Waals surface area contributed by atoms with E-state index in [1.807, 2.05) is 32.0 Å². The molecule has 0 N–H and O–H groups in total. The monoisotopic (exact) mass is 358 g/mol. The zero-order chi connectivity index (χ0) is 18.2. The van der Waals surface area contributed by atoms with Crippen LogP contribution in [-0.2, 0) is 9.84 Å². The number of aryl methyl sites for hydroxylation is 2. The van der Waals surface area contributed by atoms with E-state index in [1.165, 1.54) is 0 Å². The van der Waals surface area contributed by atoms with Gasteiger partial charge in [-0.15, -0.1) is 6.58 Å². The molecule has 0 saturated carbocycles. The van der Waals surface area contributed by atoms with Crippen LogP contribution in [0.15, 0.2) is 36.9 Å². The van der Waals surface area contributed by atoms with Crippen molar-refractivity contribution in [2.75, 3.05) is 18.1 Å². The molecule has 1 fully saturated rings. The molecule has 132 valence electrons. The molecule has 1 unspecified atom stereocenters. The summed E-state index contributed by atoms with van der Waals surface area (Å²) in [4.78, 5) is 19.4. The maximum Gasteiger partial charge on any atom is 0.255 e. The highest BCUT2D eigenvalue weighted by atomic mass is 32.2. The number of pyridine rings is 1. The fourth-order valence-electron chi connectivity index (χ4n) is 3.36. The van der Waals surface area contributed by atoms with Crippen molar-refractivity contribution in [2.45, 2.75) is 26.3 Å². The average Bonchev–Trinajstić information content (AvgIpc) is 2.91. The van der Waals surface area contributed by atoms with E-state index < -0.39 is 9.84 Å². The molecule has 0 bridgehead atoms. The Labute approximate surface area is 148 Å². The van der Waals surface area contributed by atoms with Gasteiger partial charge in [-0.2, -0.15) is 0 Å². The highest BCUT2D eigenvalue weighted by Crippen LogP contribution is 2.25.